The molecule has 0 N–H and O–H groups in total. The van der Waals surface area contributed by atoms with Crippen molar-refractivity contribution in [1.29, 1.82) is 0 Å². The number of hydrogen-bond donors (Lipinski definition) is 0. The number of rotatable bonds is 53. The number of esters is 2. The number of hydrogen-bond acceptors (Lipinski definition) is 5. The number of carbonyl (C=O) groups is 2. The average Bonchev–Trinajstić information content (AvgIpc) is 3.32. The van der Waals surface area contributed by atoms with E-state index in [9.17, 15) is 9.59 Å². The van der Waals surface area contributed by atoms with Gasteiger partial charge in [-0.1, -0.05) is 255 Å². The lowest BCUT2D eigenvalue weighted by atomic mass is 10.0. The molecule has 0 aromatic carbocycles. The van der Waals surface area contributed by atoms with Crippen molar-refractivity contribution in [2.24, 2.45) is 0 Å². The molecule has 0 spiro atoms. The third kappa shape index (κ3) is 54.2. The van der Waals surface area contributed by atoms with Crippen molar-refractivity contribution in [1.82, 2.24) is 0 Å². The van der Waals surface area contributed by atoms with E-state index in [-0.39, 0.29) is 25.2 Å². The van der Waals surface area contributed by atoms with E-state index < -0.39 is 6.10 Å². The highest BCUT2D eigenvalue weighted by molar-refractivity contribution is 5.70. The first-order valence-electron chi connectivity index (χ1n) is 28.8. The SMILES string of the molecule is CC/C=C\C/C=C\C/C=C\CCCCCCCCCCOCC(COC(=O)CCCCCCCCC/C=C\C/C=C\CCCCC)OC(=O)CCCCCCCCCCCCCCCCC. The van der Waals surface area contributed by atoms with Crippen LogP contribution in [0.15, 0.2) is 60.8 Å². The summed E-state index contributed by atoms with van der Waals surface area (Å²) in [7, 11) is 0. The summed E-state index contributed by atoms with van der Waals surface area (Å²) < 4.78 is 17.5. The van der Waals surface area contributed by atoms with Crippen molar-refractivity contribution < 1.29 is 23.8 Å². The monoisotopic (exact) mass is 923 g/mol. The molecule has 5 nitrogen and oxygen atoms in total. The summed E-state index contributed by atoms with van der Waals surface area (Å²) in [5, 5.41) is 0. The number of unbranched alkanes of at least 4 members (excludes halogenated alkanes) is 32. The van der Waals surface area contributed by atoms with Gasteiger partial charge in [0.05, 0.1) is 6.61 Å². The Kier molecular flexibility index (Phi) is 54.9. The lowest BCUT2D eigenvalue weighted by Gasteiger charge is -2.18. The second-order valence-corrected chi connectivity index (χ2v) is 19.2. The van der Waals surface area contributed by atoms with Crippen molar-refractivity contribution in [3.63, 3.8) is 0 Å². The maximum atomic E-state index is 12.9. The van der Waals surface area contributed by atoms with E-state index in [0.717, 1.165) is 70.6 Å². The highest BCUT2D eigenvalue weighted by Gasteiger charge is 2.17. The van der Waals surface area contributed by atoms with Crippen molar-refractivity contribution in [3.05, 3.63) is 60.8 Å². The van der Waals surface area contributed by atoms with Crippen molar-refractivity contribution in [2.45, 2.75) is 297 Å². The Morgan fingerprint density at radius 3 is 1.12 bits per heavy atom. The fraction of sp³-hybridized carbons (Fsp3) is 0.803. The molecule has 0 rings (SSSR count). The normalized spacial score (nSPS) is 12.6. The fourth-order valence-electron chi connectivity index (χ4n) is 8.26. The Bertz CT molecular complexity index is 1130. The Morgan fingerprint density at radius 2 is 0.682 bits per heavy atom. The van der Waals surface area contributed by atoms with Crippen molar-refractivity contribution >= 4 is 11.9 Å². The molecule has 0 saturated heterocycles. The molecule has 0 aliphatic carbocycles. The molecule has 384 valence electrons. The topological polar surface area (TPSA) is 61.8 Å². The lowest BCUT2D eigenvalue weighted by Crippen LogP contribution is -2.30. The van der Waals surface area contributed by atoms with Crippen LogP contribution in [-0.4, -0.2) is 37.9 Å². The van der Waals surface area contributed by atoms with Gasteiger partial charge in [0, 0.05) is 19.4 Å². The summed E-state index contributed by atoms with van der Waals surface area (Å²) in [5.41, 5.74) is 0. The van der Waals surface area contributed by atoms with E-state index in [1.165, 1.54) is 186 Å². The molecule has 0 aromatic rings. The first kappa shape index (κ1) is 63.6. The van der Waals surface area contributed by atoms with Crippen LogP contribution in [0.2, 0.25) is 0 Å². The summed E-state index contributed by atoms with van der Waals surface area (Å²) in [5.74, 6) is -0.397. The van der Waals surface area contributed by atoms with Gasteiger partial charge in [-0.25, -0.2) is 0 Å². The van der Waals surface area contributed by atoms with E-state index in [1.54, 1.807) is 0 Å². The zero-order valence-corrected chi connectivity index (χ0v) is 44.2. The molecular weight excluding hydrogens is 813 g/mol. The highest BCUT2D eigenvalue weighted by atomic mass is 16.6. The Balaban J connectivity index is 4.27. The van der Waals surface area contributed by atoms with E-state index in [2.05, 4.69) is 81.5 Å². The summed E-state index contributed by atoms with van der Waals surface area (Å²) in [6.45, 7) is 7.71. The van der Waals surface area contributed by atoms with Gasteiger partial charge in [-0.3, -0.25) is 9.59 Å². The molecule has 5 heteroatoms. The van der Waals surface area contributed by atoms with Crippen LogP contribution in [0.3, 0.4) is 0 Å². The second kappa shape index (κ2) is 56.9. The minimum atomic E-state index is -0.543. The van der Waals surface area contributed by atoms with E-state index >= 15 is 0 Å². The van der Waals surface area contributed by atoms with Crippen molar-refractivity contribution in [3.8, 4) is 0 Å². The summed E-state index contributed by atoms with van der Waals surface area (Å²) in [6, 6.07) is 0. The fourth-order valence-corrected chi connectivity index (χ4v) is 8.26. The van der Waals surface area contributed by atoms with Crippen LogP contribution >= 0.6 is 0 Å². The van der Waals surface area contributed by atoms with Gasteiger partial charge in [0.2, 0.25) is 0 Å². The largest absolute Gasteiger partial charge is 0.462 e. The van der Waals surface area contributed by atoms with Crippen LogP contribution in [0.25, 0.3) is 0 Å². The number of carbonyl (C=O) groups excluding carboxylic acids is 2. The molecule has 0 bridgehead atoms. The Hall–Kier alpha value is -2.40. The zero-order valence-electron chi connectivity index (χ0n) is 44.2. The third-order valence-electron chi connectivity index (χ3n) is 12.5. The van der Waals surface area contributed by atoms with E-state index in [0.29, 0.717) is 19.4 Å². The minimum Gasteiger partial charge on any atom is -0.462 e. The van der Waals surface area contributed by atoms with Gasteiger partial charge in [0.1, 0.15) is 6.61 Å². The predicted molar refractivity (Wildman–Crippen MR) is 288 cm³/mol. The van der Waals surface area contributed by atoms with Crippen LogP contribution in [0, 0.1) is 0 Å². The van der Waals surface area contributed by atoms with Crippen molar-refractivity contribution in [2.75, 3.05) is 19.8 Å². The lowest BCUT2D eigenvalue weighted by molar-refractivity contribution is -0.163. The molecule has 0 radical (unpaired) electrons. The predicted octanol–water partition coefficient (Wildman–Crippen LogP) is 19.7. The highest BCUT2D eigenvalue weighted by Crippen LogP contribution is 2.16. The van der Waals surface area contributed by atoms with Gasteiger partial charge in [0.15, 0.2) is 6.10 Å². The molecule has 0 aliphatic heterocycles. The smallest absolute Gasteiger partial charge is 0.306 e. The van der Waals surface area contributed by atoms with Crippen LogP contribution in [0.1, 0.15) is 290 Å². The summed E-state index contributed by atoms with van der Waals surface area (Å²) in [6.07, 6.45) is 72.4. The Morgan fingerprint density at radius 1 is 0.348 bits per heavy atom. The maximum absolute atomic E-state index is 12.9. The molecule has 0 amide bonds. The molecule has 66 heavy (non-hydrogen) atoms. The quantitative estimate of drug-likeness (QED) is 0.0346. The van der Waals surface area contributed by atoms with Gasteiger partial charge in [-0.05, 0) is 83.5 Å². The minimum absolute atomic E-state index is 0.0803. The van der Waals surface area contributed by atoms with Gasteiger partial charge < -0.3 is 14.2 Å². The third-order valence-corrected chi connectivity index (χ3v) is 12.5. The first-order chi connectivity index (χ1) is 32.6. The van der Waals surface area contributed by atoms with E-state index in [1.807, 2.05) is 0 Å². The van der Waals surface area contributed by atoms with Crippen LogP contribution < -0.4 is 0 Å². The maximum Gasteiger partial charge on any atom is 0.306 e. The zero-order chi connectivity index (χ0) is 47.7. The molecule has 0 aromatic heterocycles. The Labute approximate surface area is 411 Å². The molecule has 1 atom stereocenters. The molecule has 0 heterocycles. The first-order valence-corrected chi connectivity index (χ1v) is 28.8. The molecule has 1 unspecified atom stereocenters. The van der Waals surface area contributed by atoms with Gasteiger partial charge in [-0.2, -0.15) is 0 Å². The van der Waals surface area contributed by atoms with Crippen LogP contribution in [-0.2, 0) is 23.8 Å². The molecular formula is C61H110O5. The van der Waals surface area contributed by atoms with Gasteiger partial charge >= 0.3 is 11.9 Å². The second-order valence-electron chi connectivity index (χ2n) is 19.2. The molecule has 0 saturated carbocycles. The molecule has 0 fully saturated rings. The van der Waals surface area contributed by atoms with Crippen LogP contribution in [0.4, 0.5) is 0 Å². The van der Waals surface area contributed by atoms with Gasteiger partial charge in [0.25, 0.3) is 0 Å². The molecule has 0 aliphatic rings. The van der Waals surface area contributed by atoms with Gasteiger partial charge in [-0.15, -0.1) is 0 Å². The van der Waals surface area contributed by atoms with E-state index in [4.69, 9.17) is 14.2 Å². The number of ether oxygens (including phenoxy) is 3. The summed E-state index contributed by atoms with van der Waals surface area (Å²) in [4.78, 5) is 25.5. The average molecular weight is 924 g/mol. The summed E-state index contributed by atoms with van der Waals surface area (Å²) >= 11 is 0. The van der Waals surface area contributed by atoms with Crippen LogP contribution in [0.5, 0.6) is 0 Å². The number of allylic oxidation sites excluding steroid dienone is 10. The standard InChI is InChI=1S/C61H110O5/c1-4-7-10-13-16-19-22-25-28-30-32-35-38-41-44-47-50-53-56-64-57-59(66-61(63)55-52-49-46-43-40-37-33-27-24-21-18-15-12-9-6-3)58-65-60(62)54-51-48-45-42-39-36-34-31-29-26-23-20-17-14-11-8-5-2/h7,10,16-17,19-20,25-26,28-29,59H,4-6,8-9,11-15,18,21-24,27,30-58H2,1-3H3/b10-7-,19-16-,20-17-,28-25-,29-26-.